The second-order valence-corrected chi connectivity index (χ2v) is 4.73. The maximum absolute atomic E-state index is 12.9. The highest BCUT2D eigenvalue weighted by Crippen LogP contribution is 2.30. The molecule has 1 aliphatic carbocycles. The van der Waals surface area contributed by atoms with Gasteiger partial charge in [0.05, 0.1) is 5.70 Å². The van der Waals surface area contributed by atoms with Crippen molar-refractivity contribution in [2.24, 2.45) is 0 Å². The fraction of sp³-hybridized carbons (Fsp3) is 0.0588. The number of allylic oxidation sites excluding steroid dienone is 3. The molecular weight excluding hydrogens is 269 g/mol. The van der Waals surface area contributed by atoms with Gasteiger partial charge in [0.2, 0.25) is 0 Å². The number of hydrogen-bond donors (Lipinski definition) is 2. The zero-order valence-corrected chi connectivity index (χ0v) is 11.2. The number of ether oxygens (including phenoxy) is 1. The maximum Gasteiger partial charge on any atom is 0.128 e. The lowest BCUT2D eigenvalue weighted by atomic mass is 10.1. The summed E-state index contributed by atoms with van der Waals surface area (Å²) in [4.78, 5) is 0. The number of nitrogens with one attached hydrogen (secondary N) is 1. The summed E-state index contributed by atoms with van der Waals surface area (Å²) in [6, 6.07) is 13.6. The summed E-state index contributed by atoms with van der Waals surface area (Å²) < 4.78 is 18.6. The Morgan fingerprint density at radius 3 is 2.57 bits per heavy atom. The molecular formula is C17H14FNO2. The Kier molecular flexibility index (Phi) is 3.71. The smallest absolute Gasteiger partial charge is 0.128 e. The Morgan fingerprint density at radius 2 is 1.86 bits per heavy atom. The van der Waals surface area contributed by atoms with Gasteiger partial charge in [0.25, 0.3) is 0 Å². The standard InChI is InChI=1S/C17H14FNO2/c18-14-5-8-16(9-6-14)21-17-3-1-2-12(11-17)13-4-7-15(10-13)19-20/h1-3,5-11,19-20H,4H2. The Hall–Kier alpha value is -2.59. The van der Waals surface area contributed by atoms with Crippen LogP contribution in [0.2, 0.25) is 0 Å². The van der Waals surface area contributed by atoms with Gasteiger partial charge in [-0.1, -0.05) is 18.2 Å². The molecule has 0 aromatic heterocycles. The van der Waals surface area contributed by atoms with Gasteiger partial charge in [-0.15, -0.1) is 0 Å². The Balaban J connectivity index is 1.79. The molecule has 2 aromatic carbocycles. The molecule has 0 heterocycles. The van der Waals surface area contributed by atoms with Crippen LogP contribution in [0.1, 0.15) is 12.0 Å². The van der Waals surface area contributed by atoms with Gasteiger partial charge < -0.3 is 4.74 Å². The summed E-state index contributed by atoms with van der Waals surface area (Å²) in [5.74, 6) is 0.984. The van der Waals surface area contributed by atoms with E-state index >= 15 is 0 Å². The predicted octanol–water partition coefficient (Wildman–Crippen LogP) is 4.27. The van der Waals surface area contributed by atoms with Crippen LogP contribution in [0, 0.1) is 5.82 Å². The molecule has 0 unspecified atom stereocenters. The van der Waals surface area contributed by atoms with E-state index in [9.17, 15) is 4.39 Å². The number of benzene rings is 2. The predicted molar refractivity (Wildman–Crippen MR) is 78.5 cm³/mol. The molecule has 3 nitrogen and oxygen atoms in total. The Labute approximate surface area is 122 Å². The van der Waals surface area contributed by atoms with Gasteiger partial charge in [0, 0.05) is 0 Å². The van der Waals surface area contributed by atoms with Gasteiger partial charge in [0.1, 0.15) is 17.3 Å². The van der Waals surface area contributed by atoms with Gasteiger partial charge >= 0.3 is 0 Å². The van der Waals surface area contributed by atoms with E-state index in [0.717, 1.165) is 17.6 Å². The van der Waals surface area contributed by atoms with Crippen molar-refractivity contribution in [1.82, 2.24) is 5.48 Å². The monoisotopic (exact) mass is 283 g/mol. The van der Waals surface area contributed by atoms with Gasteiger partial charge in [-0.05, 0) is 60.0 Å². The summed E-state index contributed by atoms with van der Waals surface area (Å²) in [6.45, 7) is 0. The fourth-order valence-electron chi connectivity index (χ4n) is 2.20. The molecule has 0 amide bonds. The number of hydroxylamine groups is 1. The van der Waals surface area contributed by atoms with E-state index in [0.29, 0.717) is 17.2 Å². The van der Waals surface area contributed by atoms with Crippen LogP contribution >= 0.6 is 0 Å². The summed E-state index contributed by atoms with van der Waals surface area (Å²) in [7, 11) is 0. The molecule has 3 rings (SSSR count). The molecule has 2 N–H and O–H groups in total. The second-order valence-electron chi connectivity index (χ2n) is 4.73. The van der Waals surface area contributed by atoms with Crippen LogP contribution in [0.3, 0.4) is 0 Å². The summed E-state index contributed by atoms with van der Waals surface area (Å²) in [5, 5.41) is 8.88. The van der Waals surface area contributed by atoms with Crippen molar-refractivity contribution in [3.05, 3.63) is 77.8 Å². The molecule has 2 aromatic rings. The average molecular weight is 283 g/mol. The molecule has 21 heavy (non-hydrogen) atoms. The van der Waals surface area contributed by atoms with Crippen molar-refractivity contribution in [3.8, 4) is 11.5 Å². The topological polar surface area (TPSA) is 41.5 Å². The zero-order chi connectivity index (χ0) is 14.7. The van der Waals surface area contributed by atoms with E-state index in [1.807, 2.05) is 36.4 Å². The van der Waals surface area contributed by atoms with Crippen LogP contribution in [0.5, 0.6) is 11.5 Å². The highest BCUT2D eigenvalue weighted by atomic mass is 19.1. The van der Waals surface area contributed by atoms with Crippen LogP contribution in [0.4, 0.5) is 4.39 Å². The fourth-order valence-corrected chi connectivity index (χ4v) is 2.20. The zero-order valence-electron chi connectivity index (χ0n) is 11.2. The molecule has 0 atom stereocenters. The molecule has 1 aliphatic rings. The van der Waals surface area contributed by atoms with Crippen molar-refractivity contribution in [1.29, 1.82) is 0 Å². The van der Waals surface area contributed by atoms with Crippen molar-refractivity contribution < 1.29 is 14.3 Å². The highest BCUT2D eigenvalue weighted by molar-refractivity contribution is 5.73. The normalized spacial score (nSPS) is 13.6. The lowest BCUT2D eigenvalue weighted by Gasteiger charge is -2.08. The van der Waals surface area contributed by atoms with Crippen LogP contribution in [-0.2, 0) is 0 Å². The Bertz CT molecular complexity index is 705. The van der Waals surface area contributed by atoms with Crippen LogP contribution < -0.4 is 10.2 Å². The molecule has 0 radical (unpaired) electrons. The minimum atomic E-state index is -0.290. The largest absolute Gasteiger partial charge is 0.457 e. The molecule has 0 spiro atoms. The maximum atomic E-state index is 12.9. The number of halogens is 1. The lowest BCUT2D eigenvalue weighted by Crippen LogP contribution is -2.01. The van der Waals surface area contributed by atoms with Crippen molar-refractivity contribution in [2.45, 2.75) is 6.42 Å². The first-order valence-electron chi connectivity index (χ1n) is 6.59. The minimum absolute atomic E-state index is 0.290. The first kappa shape index (κ1) is 13.4. The molecule has 0 fully saturated rings. The van der Waals surface area contributed by atoms with E-state index in [1.165, 1.54) is 12.1 Å². The molecule has 0 saturated carbocycles. The lowest BCUT2D eigenvalue weighted by molar-refractivity contribution is 0.205. The van der Waals surface area contributed by atoms with E-state index < -0.39 is 0 Å². The molecule has 0 saturated heterocycles. The number of hydrogen-bond acceptors (Lipinski definition) is 3. The van der Waals surface area contributed by atoms with Gasteiger partial charge in [0.15, 0.2) is 0 Å². The first-order chi connectivity index (χ1) is 10.2. The van der Waals surface area contributed by atoms with Crippen LogP contribution in [0.15, 0.2) is 66.4 Å². The van der Waals surface area contributed by atoms with Gasteiger partial charge in [-0.25, -0.2) is 4.39 Å². The second kappa shape index (κ2) is 5.81. The van der Waals surface area contributed by atoms with Crippen molar-refractivity contribution >= 4 is 5.57 Å². The third-order valence-electron chi connectivity index (χ3n) is 3.25. The summed E-state index contributed by atoms with van der Waals surface area (Å²) >= 11 is 0. The minimum Gasteiger partial charge on any atom is -0.457 e. The van der Waals surface area contributed by atoms with Crippen LogP contribution in [0.25, 0.3) is 5.57 Å². The molecule has 106 valence electrons. The van der Waals surface area contributed by atoms with E-state index in [-0.39, 0.29) is 5.82 Å². The summed E-state index contributed by atoms with van der Waals surface area (Å²) in [5.41, 5.74) is 4.95. The summed E-state index contributed by atoms with van der Waals surface area (Å²) in [6.07, 6.45) is 4.54. The SMILES string of the molecule is ONC1=CCC(c2cccc(Oc3ccc(F)cc3)c2)=C1. The quantitative estimate of drug-likeness (QED) is 0.823. The van der Waals surface area contributed by atoms with Crippen molar-refractivity contribution in [2.75, 3.05) is 0 Å². The molecule has 4 heteroatoms. The van der Waals surface area contributed by atoms with E-state index in [1.54, 1.807) is 12.1 Å². The van der Waals surface area contributed by atoms with E-state index in [4.69, 9.17) is 9.94 Å². The first-order valence-corrected chi connectivity index (χ1v) is 6.59. The number of rotatable bonds is 4. The van der Waals surface area contributed by atoms with E-state index in [2.05, 4.69) is 5.48 Å². The highest BCUT2D eigenvalue weighted by Gasteiger charge is 2.09. The third kappa shape index (κ3) is 3.12. The van der Waals surface area contributed by atoms with Crippen molar-refractivity contribution in [3.63, 3.8) is 0 Å². The Morgan fingerprint density at radius 1 is 1.05 bits per heavy atom. The van der Waals surface area contributed by atoms with Gasteiger partial charge in [-0.3, -0.25) is 10.7 Å². The average Bonchev–Trinajstić information content (AvgIpc) is 2.99. The van der Waals surface area contributed by atoms with Gasteiger partial charge in [-0.2, -0.15) is 0 Å². The molecule has 0 aliphatic heterocycles. The molecule has 0 bridgehead atoms. The van der Waals surface area contributed by atoms with Crippen LogP contribution in [-0.4, -0.2) is 5.21 Å². The third-order valence-corrected chi connectivity index (χ3v) is 3.25.